The largest absolute Gasteiger partial charge is 0.481 e. The van der Waals surface area contributed by atoms with Crippen LogP contribution in [0.2, 0.25) is 0 Å². The lowest BCUT2D eigenvalue weighted by Crippen LogP contribution is -2.52. The average molecular weight is 306 g/mol. The Labute approximate surface area is 110 Å². The molecule has 1 N–H and O–H groups in total. The van der Waals surface area contributed by atoms with Crippen LogP contribution in [0.3, 0.4) is 0 Å². The van der Waals surface area contributed by atoms with Crippen molar-refractivity contribution in [2.45, 2.75) is 22.4 Å². The molecular weight excluding hydrogens is 293 g/mol. The van der Waals surface area contributed by atoms with Crippen molar-refractivity contribution >= 4 is 45.6 Å². The second-order valence-electron chi connectivity index (χ2n) is 5.44. The standard InChI is InChI=1S/C10H13O5P3/c11-6(12)4-5(16)10(18)1-9(4,17)2-3(10)8(14)15-7(2)13/h2-5H,1,16-18H2,(H,11,12). The van der Waals surface area contributed by atoms with Crippen LogP contribution < -0.4 is 0 Å². The highest BCUT2D eigenvalue weighted by Crippen LogP contribution is 2.71. The van der Waals surface area contributed by atoms with Crippen LogP contribution in [0.15, 0.2) is 0 Å². The van der Waals surface area contributed by atoms with E-state index in [1.165, 1.54) is 0 Å². The third-order valence-electron chi connectivity index (χ3n) is 4.64. The van der Waals surface area contributed by atoms with Gasteiger partial charge < -0.3 is 9.84 Å². The predicted molar refractivity (Wildman–Crippen MR) is 72.2 cm³/mol. The zero-order valence-electron chi connectivity index (χ0n) is 9.33. The van der Waals surface area contributed by atoms with Crippen molar-refractivity contribution in [3.8, 4) is 0 Å². The number of carboxylic acid groups (broad SMARTS) is 1. The van der Waals surface area contributed by atoms with E-state index in [0.717, 1.165) is 0 Å². The third kappa shape index (κ3) is 1.22. The first-order valence-corrected chi connectivity index (χ1v) is 7.37. The molecule has 1 aliphatic heterocycles. The number of cyclic esters (lactones) is 2. The maximum Gasteiger partial charge on any atom is 0.318 e. The summed E-state index contributed by atoms with van der Waals surface area (Å²) in [6.07, 6.45) is 0.511. The Morgan fingerprint density at radius 1 is 1.22 bits per heavy atom. The molecule has 0 aromatic carbocycles. The summed E-state index contributed by atoms with van der Waals surface area (Å²) < 4.78 is 4.71. The van der Waals surface area contributed by atoms with Gasteiger partial charge in [0.1, 0.15) is 0 Å². The van der Waals surface area contributed by atoms with Crippen molar-refractivity contribution in [2.75, 3.05) is 0 Å². The van der Waals surface area contributed by atoms with E-state index < -0.39 is 46.0 Å². The molecule has 8 heteroatoms. The highest BCUT2D eigenvalue weighted by Gasteiger charge is 2.78. The summed E-state index contributed by atoms with van der Waals surface area (Å²) >= 11 is 0. The molecule has 0 aromatic heterocycles. The maximum absolute atomic E-state index is 11.8. The van der Waals surface area contributed by atoms with Gasteiger partial charge in [0, 0.05) is 10.3 Å². The molecule has 0 aromatic rings. The van der Waals surface area contributed by atoms with Crippen molar-refractivity contribution in [2.24, 2.45) is 17.8 Å². The molecule has 98 valence electrons. The van der Waals surface area contributed by atoms with Crippen molar-refractivity contribution in [1.29, 1.82) is 0 Å². The summed E-state index contributed by atoms with van der Waals surface area (Å²) in [5, 5.41) is 8.02. The van der Waals surface area contributed by atoms with Crippen molar-refractivity contribution in [3.05, 3.63) is 0 Å². The van der Waals surface area contributed by atoms with Gasteiger partial charge in [-0.25, -0.2) is 0 Å². The molecule has 2 saturated carbocycles. The molecule has 5 nitrogen and oxygen atoms in total. The van der Waals surface area contributed by atoms with E-state index in [9.17, 15) is 19.5 Å². The minimum absolute atomic E-state index is 0.266. The van der Waals surface area contributed by atoms with Crippen molar-refractivity contribution in [1.82, 2.24) is 0 Å². The molecule has 3 aliphatic rings. The third-order valence-corrected chi connectivity index (χ3v) is 7.90. The lowest BCUT2D eigenvalue weighted by molar-refractivity contribution is -0.154. The fourth-order valence-corrected chi connectivity index (χ4v) is 7.18. The smallest absolute Gasteiger partial charge is 0.318 e. The minimum atomic E-state index is -0.931. The van der Waals surface area contributed by atoms with E-state index in [1.807, 2.05) is 0 Å². The van der Waals surface area contributed by atoms with Gasteiger partial charge in [0.15, 0.2) is 0 Å². The van der Waals surface area contributed by atoms with Crippen molar-refractivity contribution in [3.63, 3.8) is 0 Å². The first kappa shape index (κ1) is 12.9. The van der Waals surface area contributed by atoms with E-state index in [0.29, 0.717) is 6.42 Å². The zero-order valence-corrected chi connectivity index (χ0v) is 12.8. The summed E-state index contributed by atoms with van der Waals surface area (Å²) in [5.41, 5.74) is -0.266. The highest BCUT2D eigenvalue weighted by molar-refractivity contribution is 7.26. The Balaban J connectivity index is 2.17. The molecule has 9 unspecified atom stereocenters. The molecular formula is C10H13O5P3. The minimum Gasteiger partial charge on any atom is -0.481 e. The normalized spacial score (nSPS) is 53.5. The SMILES string of the molecule is O=C1OC(=O)C2C1C1(P)CC2(P)C(C(=O)O)C1P. The lowest BCUT2D eigenvalue weighted by atomic mass is 9.73. The second-order valence-corrected chi connectivity index (χ2v) is 8.31. The van der Waals surface area contributed by atoms with Crippen LogP contribution in [0.4, 0.5) is 0 Å². The fraction of sp³-hybridized carbons (Fsp3) is 0.700. The second kappa shape index (κ2) is 3.51. The van der Waals surface area contributed by atoms with Gasteiger partial charge in [-0.3, -0.25) is 14.4 Å². The summed E-state index contributed by atoms with van der Waals surface area (Å²) in [7, 11) is 7.67. The number of ether oxygens (including phenoxy) is 1. The monoisotopic (exact) mass is 306 g/mol. The zero-order chi connectivity index (χ0) is 13.5. The number of hydrogen-bond acceptors (Lipinski definition) is 4. The fourth-order valence-electron chi connectivity index (χ4n) is 3.96. The summed E-state index contributed by atoms with van der Waals surface area (Å²) in [5.74, 6) is -3.88. The van der Waals surface area contributed by atoms with E-state index in [4.69, 9.17) is 4.74 Å². The number of carbonyl (C=O) groups excluding carboxylic acids is 2. The Bertz CT molecular complexity index is 494. The molecule has 0 radical (unpaired) electrons. The quantitative estimate of drug-likeness (QED) is 0.415. The topological polar surface area (TPSA) is 80.7 Å². The van der Waals surface area contributed by atoms with Gasteiger partial charge >= 0.3 is 17.9 Å². The number of rotatable bonds is 1. The van der Waals surface area contributed by atoms with Crippen LogP contribution in [0, 0.1) is 17.8 Å². The Hall–Kier alpha value is -0.100. The first-order chi connectivity index (χ1) is 8.23. The first-order valence-electron chi connectivity index (χ1n) is 5.55. The molecule has 18 heavy (non-hydrogen) atoms. The molecule has 9 atom stereocenters. The van der Waals surface area contributed by atoms with E-state index in [1.54, 1.807) is 0 Å². The Kier molecular flexibility index (Phi) is 2.52. The van der Waals surface area contributed by atoms with Crippen molar-refractivity contribution < 1.29 is 24.2 Å². The Morgan fingerprint density at radius 3 is 2.22 bits per heavy atom. The summed E-state index contributed by atoms with van der Waals surface area (Å²) in [4.78, 5) is 35.1. The van der Waals surface area contributed by atoms with Crippen LogP contribution in [0.1, 0.15) is 6.42 Å². The van der Waals surface area contributed by atoms with E-state index in [2.05, 4.69) is 27.7 Å². The lowest BCUT2D eigenvalue weighted by Gasteiger charge is -2.40. The molecule has 2 bridgehead atoms. The summed E-state index contributed by atoms with van der Waals surface area (Å²) in [6.45, 7) is 0. The number of fused-ring (bicyclic) bond motifs is 5. The number of aliphatic carboxylic acids is 1. The number of hydrogen-bond donors (Lipinski definition) is 1. The Morgan fingerprint density at radius 2 is 1.72 bits per heavy atom. The molecule has 1 saturated heterocycles. The van der Waals surface area contributed by atoms with Crippen LogP contribution in [0.25, 0.3) is 0 Å². The van der Waals surface area contributed by atoms with Gasteiger partial charge in [0.25, 0.3) is 0 Å². The van der Waals surface area contributed by atoms with Gasteiger partial charge in [-0.05, 0) is 12.1 Å². The number of carbonyl (C=O) groups is 3. The molecule has 0 amide bonds. The van der Waals surface area contributed by atoms with E-state index >= 15 is 0 Å². The molecule has 1 heterocycles. The van der Waals surface area contributed by atoms with Crippen LogP contribution >= 0.6 is 27.7 Å². The summed E-state index contributed by atoms with van der Waals surface area (Å²) in [6, 6.07) is 0. The van der Waals surface area contributed by atoms with Crippen LogP contribution in [-0.2, 0) is 19.1 Å². The van der Waals surface area contributed by atoms with Gasteiger partial charge in [-0.2, -0.15) is 0 Å². The highest BCUT2D eigenvalue weighted by atomic mass is 31.0. The molecule has 3 rings (SSSR count). The van der Waals surface area contributed by atoms with Gasteiger partial charge in [0.05, 0.1) is 17.8 Å². The predicted octanol–water partition coefficient (Wildman–Crippen LogP) is -0.108. The van der Waals surface area contributed by atoms with Crippen LogP contribution in [0.5, 0.6) is 0 Å². The van der Waals surface area contributed by atoms with Gasteiger partial charge in [-0.1, -0.05) is 0 Å². The molecule has 0 spiro atoms. The van der Waals surface area contributed by atoms with E-state index in [-0.39, 0.29) is 5.66 Å². The van der Waals surface area contributed by atoms with Gasteiger partial charge in [0.2, 0.25) is 0 Å². The molecule has 2 aliphatic carbocycles. The average Bonchev–Trinajstić information content (AvgIpc) is 2.71. The number of carboxylic acids is 1. The molecule has 3 fully saturated rings. The number of esters is 2. The van der Waals surface area contributed by atoms with Gasteiger partial charge in [-0.15, -0.1) is 27.7 Å². The van der Waals surface area contributed by atoms with Crippen LogP contribution in [-0.4, -0.2) is 39.0 Å². The maximum atomic E-state index is 11.8.